The van der Waals surface area contributed by atoms with E-state index in [-0.39, 0.29) is 68.5 Å². The Balaban J connectivity index is -0.0000000591. The number of aliphatic carboxylic acids is 1. The Kier molecular flexibility index (Phi) is 23.7. The summed E-state index contributed by atoms with van der Waals surface area (Å²) in [6, 6.07) is 0. The van der Waals surface area contributed by atoms with Crippen LogP contribution < -0.4 is 55.5 Å². The van der Waals surface area contributed by atoms with Gasteiger partial charge < -0.3 is 14.2 Å². The Hall–Kier alpha value is 1.64. The SMILES string of the molecule is CC(=O)O.O=S(=O)([O-])[O-].[Cu+2].[K+].[O]=[Cr](=[O])([O-])[O][Cr](=[O])(=[O])[OH]. The van der Waals surface area contributed by atoms with Crippen LogP contribution in [-0.4, -0.2) is 32.8 Å². The van der Waals surface area contributed by atoms with Gasteiger partial charge in [-0.25, -0.2) is 0 Å². The first-order valence-electron chi connectivity index (χ1n) is 2.94. The first-order chi connectivity index (χ1) is 7.44. The normalized spacial score (nSPS) is 10.2. The third-order valence-corrected chi connectivity index (χ3v) is 2.88. The molecule has 0 saturated carbocycles. The topological polar surface area (TPSA) is 238 Å². The maximum atomic E-state index is 9.49. The molecule has 2 N–H and O–H groups in total. The third-order valence-electron chi connectivity index (χ3n) is 0.169. The van der Waals surface area contributed by atoms with Crippen LogP contribution in [0.3, 0.4) is 0 Å². The zero-order chi connectivity index (χ0) is 15.8. The van der Waals surface area contributed by atoms with Gasteiger partial charge >= 0.3 is 122 Å². The first kappa shape index (κ1) is 33.3. The van der Waals surface area contributed by atoms with Gasteiger partial charge in [0.2, 0.25) is 0 Å². The molecule has 0 aliphatic heterocycles. The third kappa shape index (κ3) is 117. The van der Waals surface area contributed by atoms with Gasteiger partial charge in [0.1, 0.15) is 0 Å². The molecule has 0 aromatic heterocycles. The predicted octanol–water partition coefficient (Wildman–Crippen LogP) is -6.54. The molecular formula is C2H5Cr2CuKO13S. The van der Waals surface area contributed by atoms with Crippen molar-refractivity contribution in [3.05, 3.63) is 0 Å². The Morgan fingerprint density at radius 3 is 1.30 bits per heavy atom. The molecule has 0 aliphatic rings. The van der Waals surface area contributed by atoms with Gasteiger partial charge in [0.05, 0.1) is 0 Å². The number of carbonyl (C=O) groups is 1. The molecule has 0 aliphatic carbocycles. The van der Waals surface area contributed by atoms with E-state index < -0.39 is 43.6 Å². The Morgan fingerprint density at radius 2 is 1.30 bits per heavy atom. The van der Waals surface area contributed by atoms with E-state index in [0.29, 0.717) is 0 Å². The summed E-state index contributed by atoms with van der Waals surface area (Å²) in [6.07, 6.45) is 0. The Labute approximate surface area is 170 Å². The maximum absolute atomic E-state index is 9.49. The molecule has 0 fully saturated rings. The zero-order valence-corrected chi connectivity index (χ0v) is 16.8. The molecule has 0 aromatic rings. The Morgan fingerprint density at radius 1 is 1.15 bits per heavy atom. The fourth-order valence-corrected chi connectivity index (χ4v) is 1.79. The van der Waals surface area contributed by atoms with Gasteiger partial charge in [-0.3, -0.25) is 13.2 Å². The standard InChI is InChI=1S/C2H4O2.2Cr.Cu.K.H2O4S.H2O.6O/c1-2(3)4;;;;;1-5(2,3)4;;;;;;;/h1H3,(H,3,4);;;;;(H2,1,2,3,4);1H2;;;;;;/q;;+1;+2;+1;;;;;;;;-1/p-3. The van der Waals surface area contributed by atoms with E-state index in [2.05, 4.69) is 2.84 Å². The number of hydrogen-bond acceptors (Lipinski definition) is 11. The minimum absolute atomic E-state index is 0. The first-order valence-corrected chi connectivity index (χ1v) is 8.49. The van der Waals surface area contributed by atoms with Crippen molar-refractivity contribution < 1.29 is 149 Å². The quantitative estimate of drug-likeness (QED) is 0.215. The fraction of sp³-hybridized carbons (Fsp3) is 0.500. The van der Waals surface area contributed by atoms with Crippen LogP contribution in [0.1, 0.15) is 6.92 Å². The minimum atomic E-state index is -6.01. The van der Waals surface area contributed by atoms with Gasteiger partial charge in [0.25, 0.3) is 5.97 Å². The van der Waals surface area contributed by atoms with Crippen molar-refractivity contribution in [2.75, 3.05) is 0 Å². The summed E-state index contributed by atoms with van der Waals surface area (Å²) in [5.41, 5.74) is 0. The summed E-state index contributed by atoms with van der Waals surface area (Å²) in [5, 5.41) is 7.42. The second-order valence-electron chi connectivity index (χ2n) is 1.83. The average Bonchev–Trinajstić information content (AvgIpc) is 1.67. The van der Waals surface area contributed by atoms with Gasteiger partial charge in [-0.2, -0.15) is 0 Å². The van der Waals surface area contributed by atoms with E-state index in [1.165, 1.54) is 0 Å². The summed E-state index contributed by atoms with van der Waals surface area (Å²) in [7, 11) is -5.17. The number of rotatable bonds is 2. The zero-order valence-electron chi connectivity index (χ0n) is 9.41. The molecule has 18 heteroatoms. The van der Waals surface area contributed by atoms with Crippen LogP contribution in [0.2, 0.25) is 0 Å². The monoisotopic (exact) mass is 475 g/mol. The van der Waals surface area contributed by atoms with Crippen molar-refractivity contribution >= 4 is 16.4 Å². The molecule has 121 valence electrons. The van der Waals surface area contributed by atoms with Crippen LogP contribution in [0, 0.1) is 0 Å². The molecule has 0 unspecified atom stereocenters. The molecule has 0 saturated heterocycles. The molecule has 0 heterocycles. The van der Waals surface area contributed by atoms with Crippen molar-refractivity contribution in [2.24, 2.45) is 0 Å². The second-order valence-corrected chi connectivity index (χ2v) is 6.35. The molecule has 13 nitrogen and oxygen atoms in total. The summed E-state index contributed by atoms with van der Waals surface area (Å²) in [5.74, 6) is -0.833. The van der Waals surface area contributed by atoms with Crippen LogP contribution in [0.15, 0.2) is 0 Å². The summed E-state index contributed by atoms with van der Waals surface area (Å²) >= 11 is -11.8. The van der Waals surface area contributed by atoms with E-state index in [1.807, 2.05) is 0 Å². The van der Waals surface area contributed by atoms with E-state index >= 15 is 0 Å². The van der Waals surface area contributed by atoms with Gasteiger partial charge in [0, 0.05) is 17.3 Å². The molecule has 20 heavy (non-hydrogen) atoms. The molecule has 0 amide bonds. The number of carboxylic acids is 1. The second kappa shape index (κ2) is 14.2. The van der Waals surface area contributed by atoms with Crippen molar-refractivity contribution in [1.82, 2.24) is 0 Å². The number of hydrogen-bond donors (Lipinski definition) is 2. The van der Waals surface area contributed by atoms with Gasteiger partial charge in [-0.15, -0.1) is 0 Å². The summed E-state index contributed by atoms with van der Waals surface area (Å²) in [4.78, 5) is 9.00. The molecular weight excluding hydrogens is 471 g/mol. The van der Waals surface area contributed by atoms with Crippen molar-refractivity contribution in [1.29, 1.82) is 0 Å². The number of carboxylic acid groups (broad SMARTS) is 1. The fourth-order valence-electron chi connectivity index (χ4n) is 0.105. The van der Waals surface area contributed by atoms with Gasteiger partial charge in [-0.05, 0) is 0 Å². The molecule has 0 atom stereocenters. The predicted molar refractivity (Wildman–Crippen MR) is 29.8 cm³/mol. The molecule has 0 aromatic carbocycles. The van der Waals surface area contributed by atoms with Crippen molar-refractivity contribution in [2.45, 2.75) is 6.92 Å². The summed E-state index contributed by atoms with van der Waals surface area (Å²) in [6.45, 7) is 1.08. The van der Waals surface area contributed by atoms with Gasteiger partial charge in [0.15, 0.2) is 0 Å². The van der Waals surface area contributed by atoms with E-state index in [1.54, 1.807) is 0 Å². The average molecular weight is 476 g/mol. The van der Waals surface area contributed by atoms with E-state index in [9.17, 15) is 19.4 Å². The van der Waals surface area contributed by atoms with Crippen LogP contribution in [0.4, 0.5) is 0 Å². The van der Waals surface area contributed by atoms with Crippen LogP contribution in [-0.2, 0) is 77.5 Å². The van der Waals surface area contributed by atoms with E-state index in [0.717, 1.165) is 6.92 Å². The van der Waals surface area contributed by atoms with Crippen LogP contribution in [0.5, 0.6) is 0 Å². The molecule has 0 rings (SSSR count). The summed E-state index contributed by atoms with van der Waals surface area (Å²) < 4.78 is 91.7. The van der Waals surface area contributed by atoms with Crippen LogP contribution in [0.25, 0.3) is 0 Å². The van der Waals surface area contributed by atoms with E-state index in [4.69, 9.17) is 31.6 Å². The van der Waals surface area contributed by atoms with Crippen molar-refractivity contribution in [3.8, 4) is 0 Å². The van der Waals surface area contributed by atoms with Gasteiger partial charge in [-0.1, -0.05) is 0 Å². The molecule has 1 radical (unpaired) electrons. The van der Waals surface area contributed by atoms with Crippen molar-refractivity contribution in [3.63, 3.8) is 0 Å². The molecule has 0 bridgehead atoms. The molecule has 0 spiro atoms. The van der Waals surface area contributed by atoms with Crippen LogP contribution >= 0.6 is 0 Å². The Bertz CT molecular complexity index is 503.